The van der Waals surface area contributed by atoms with E-state index in [0.29, 0.717) is 5.92 Å². The maximum absolute atomic E-state index is 11.3. The maximum atomic E-state index is 11.3. The number of benzene rings is 1. The molecule has 0 saturated heterocycles. The summed E-state index contributed by atoms with van der Waals surface area (Å²) in [5.74, 6) is 0.0407. The van der Waals surface area contributed by atoms with Crippen molar-refractivity contribution in [3.05, 3.63) is 35.4 Å². The number of carbonyl (C=O) groups is 1. The molecular formula is C13H16BrNO. The van der Waals surface area contributed by atoms with Crippen molar-refractivity contribution >= 4 is 21.8 Å². The van der Waals surface area contributed by atoms with Crippen LogP contribution in [0.25, 0.3) is 0 Å². The Morgan fingerprint density at radius 2 is 2.19 bits per heavy atom. The topological polar surface area (TPSA) is 43.1 Å². The van der Waals surface area contributed by atoms with Crippen molar-refractivity contribution in [1.29, 1.82) is 0 Å². The summed E-state index contributed by atoms with van der Waals surface area (Å²) in [5, 5.41) is 0. The first kappa shape index (κ1) is 11.6. The molecule has 0 aliphatic heterocycles. The average molecular weight is 282 g/mol. The number of amides is 1. The van der Waals surface area contributed by atoms with Crippen LogP contribution in [0.3, 0.4) is 0 Å². The molecule has 0 radical (unpaired) electrons. The smallest absolute Gasteiger partial charge is 0.220 e. The van der Waals surface area contributed by atoms with E-state index in [1.807, 2.05) is 13.0 Å². The number of nitrogens with two attached hydrogens (primary N) is 1. The lowest BCUT2D eigenvalue weighted by atomic mass is 9.77. The van der Waals surface area contributed by atoms with Gasteiger partial charge in [0.1, 0.15) is 0 Å². The molecule has 1 aliphatic rings. The van der Waals surface area contributed by atoms with Gasteiger partial charge in [0.2, 0.25) is 5.91 Å². The fraction of sp³-hybridized carbons (Fsp3) is 0.462. The van der Waals surface area contributed by atoms with Gasteiger partial charge in [-0.15, -0.1) is 0 Å². The van der Waals surface area contributed by atoms with Crippen molar-refractivity contribution < 1.29 is 4.79 Å². The summed E-state index contributed by atoms with van der Waals surface area (Å²) >= 11 is 3.71. The first-order valence-corrected chi connectivity index (χ1v) is 6.54. The molecule has 0 bridgehead atoms. The molecular weight excluding hydrogens is 266 g/mol. The second kappa shape index (κ2) is 4.58. The highest BCUT2D eigenvalue weighted by Crippen LogP contribution is 2.43. The first-order valence-electron chi connectivity index (χ1n) is 5.62. The number of alkyl halides is 1. The monoisotopic (exact) mass is 281 g/mol. The molecule has 0 fully saturated rings. The highest BCUT2D eigenvalue weighted by Gasteiger charge is 2.33. The van der Waals surface area contributed by atoms with Gasteiger partial charge < -0.3 is 5.73 Å². The Bertz CT molecular complexity index is 405. The Morgan fingerprint density at radius 3 is 2.88 bits per heavy atom. The summed E-state index contributed by atoms with van der Waals surface area (Å²) in [6, 6.07) is 8.41. The molecule has 1 aromatic rings. The molecule has 3 atom stereocenters. The maximum Gasteiger partial charge on any atom is 0.220 e. The number of rotatable bonds is 2. The third-order valence-corrected chi connectivity index (χ3v) is 4.74. The van der Waals surface area contributed by atoms with Crippen LogP contribution in [0, 0.1) is 11.8 Å². The Balaban J connectivity index is 2.27. The van der Waals surface area contributed by atoms with Crippen LogP contribution in [-0.4, -0.2) is 5.91 Å². The largest absolute Gasteiger partial charge is 0.369 e. The molecule has 0 saturated carbocycles. The summed E-state index contributed by atoms with van der Waals surface area (Å²) in [4.78, 5) is 11.5. The van der Waals surface area contributed by atoms with Crippen LogP contribution in [0.4, 0.5) is 0 Å². The predicted octanol–water partition coefficient (Wildman–Crippen LogP) is 2.81. The third kappa shape index (κ3) is 2.01. The Labute approximate surface area is 104 Å². The number of carbonyl (C=O) groups excluding carboxylic acids is 1. The van der Waals surface area contributed by atoms with Crippen molar-refractivity contribution in [1.82, 2.24) is 0 Å². The Morgan fingerprint density at radius 1 is 1.50 bits per heavy atom. The van der Waals surface area contributed by atoms with Crippen LogP contribution in [0.15, 0.2) is 24.3 Å². The number of primary amides is 1. The third-order valence-electron chi connectivity index (χ3n) is 3.57. The Kier molecular flexibility index (Phi) is 3.33. The molecule has 0 spiro atoms. The molecule has 0 heterocycles. The summed E-state index contributed by atoms with van der Waals surface area (Å²) in [6.07, 6.45) is 2.07. The lowest BCUT2D eigenvalue weighted by molar-refractivity contribution is -0.123. The van der Waals surface area contributed by atoms with E-state index in [0.717, 1.165) is 12.8 Å². The molecule has 0 aromatic heterocycles. The van der Waals surface area contributed by atoms with Crippen molar-refractivity contribution in [2.75, 3.05) is 0 Å². The minimum absolute atomic E-state index is 0.0715. The van der Waals surface area contributed by atoms with Gasteiger partial charge in [0.25, 0.3) is 0 Å². The van der Waals surface area contributed by atoms with E-state index in [1.165, 1.54) is 11.1 Å². The van der Waals surface area contributed by atoms with E-state index in [1.54, 1.807) is 0 Å². The van der Waals surface area contributed by atoms with E-state index >= 15 is 0 Å². The second-order valence-corrected chi connectivity index (χ2v) is 5.48. The highest BCUT2D eigenvalue weighted by atomic mass is 79.9. The van der Waals surface area contributed by atoms with Gasteiger partial charge in [-0.05, 0) is 29.9 Å². The zero-order valence-electron chi connectivity index (χ0n) is 9.32. The van der Waals surface area contributed by atoms with Gasteiger partial charge >= 0.3 is 0 Å². The van der Waals surface area contributed by atoms with Crippen molar-refractivity contribution in [2.24, 2.45) is 17.6 Å². The number of halogens is 1. The molecule has 3 unspecified atom stereocenters. The second-order valence-electron chi connectivity index (χ2n) is 4.49. The molecule has 1 amide bonds. The summed E-state index contributed by atoms with van der Waals surface area (Å²) in [6.45, 7) is 1.93. The quantitative estimate of drug-likeness (QED) is 0.833. The van der Waals surface area contributed by atoms with Crippen molar-refractivity contribution in [2.45, 2.75) is 24.6 Å². The van der Waals surface area contributed by atoms with Gasteiger partial charge in [-0.2, -0.15) is 0 Å². The van der Waals surface area contributed by atoms with Gasteiger partial charge in [0.05, 0.1) is 0 Å². The van der Waals surface area contributed by atoms with Gasteiger partial charge in [-0.25, -0.2) is 0 Å². The molecule has 86 valence electrons. The summed E-state index contributed by atoms with van der Waals surface area (Å²) in [5.41, 5.74) is 8.09. The fourth-order valence-corrected chi connectivity index (χ4v) is 3.61. The van der Waals surface area contributed by atoms with E-state index in [9.17, 15) is 4.79 Å². The zero-order chi connectivity index (χ0) is 11.7. The van der Waals surface area contributed by atoms with E-state index in [-0.39, 0.29) is 16.7 Å². The highest BCUT2D eigenvalue weighted by molar-refractivity contribution is 9.09. The lowest BCUT2D eigenvalue weighted by Crippen LogP contribution is -2.32. The fourth-order valence-electron chi connectivity index (χ4n) is 2.44. The van der Waals surface area contributed by atoms with Crippen LogP contribution < -0.4 is 5.73 Å². The number of hydrogen-bond acceptors (Lipinski definition) is 1. The molecule has 3 heteroatoms. The van der Waals surface area contributed by atoms with Crippen LogP contribution in [0.2, 0.25) is 0 Å². The van der Waals surface area contributed by atoms with Crippen LogP contribution in [-0.2, 0) is 11.2 Å². The zero-order valence-corrected chi connectivity index (χ0v) is 10.9. The molecule has 2 N–H and O–H groups in total. The average Bonchev–Trinajstić information content (AvgIpc) is 2.29. The summed E-state index contributed by atoms with van der Waals surface area (Å²) < 4.78 is 0. The molecule has 1 aliphatic carbocycles. The minimum atomic E-state index is -0.200. The van der Waals surface area contributed by atoms with E-state index in [2.05, 4.69) is 34.1 Å². The number of hydrogen-bond donors (Lipinski definition) is 1. The Hall–Kier alpha value is -0.830. The SMILES string of the molecule is CC(C(N)=O)C1CCc2ccccc2C1Br. The normalized spacial score (nSPS) is 25.9. The number of aryl methyl sites for hydroxylation is 1. The standard InChI is InChI=1S/C13H16BrNO/c1-8(13(15)16)10-7-6-9-4-2-3-5-11(9)12(10)14/h2-5,8,10,12H,6-7H2,1H3,(H2,15,16). The van der Waals surface area contributed by atoms with Gasteiger partial charge in [-0.3, -0.25) is 4.79 Å². The lowest BCUT2D eigenvalue weighted by Gasteiger charge is -2.32. The van der Waals surface area contributed by atoms with Crippen molar-refractivity contribution in [3.63, 3.8) is 0 Å². The van der Waals surface area contributed by atoms with Gasteiger partial charge in [0, 0.05) is 10.7 Å². The predicted molar refractivity (Wildman–Crippen MR) is 68.3 cm³/mol. The van der Waals surface area contributed by atoms with Gasteiger partial charge in [0.15, 0.2) is 0 Å². The van der Waals surface area contributed by atoms with Crippen molar-refractivity contribution in [3.8, 4) is 0 Å². The number of fused-ring (bicyclic) bond motifs is 1. The molecule has 16 heavy (non-hydrogen) atoms. The van der Waals surface area contributed by atoms with Crippen LogP contribution in [0.5, 0.6) is 0 Å². The van der Waals surface area contributed by atoms with Crippen LogP contribution in [0.1, 0.15) is 29.3 Å². The van der Waals surface area contributed by atoms with Gasteiger partial charge in [-0.1, -0.05) is 47.1 Å². The van der Waals surface area contributed by atoms with E-state index in [4.69, 9.17) is 5.73 Å². The minimum Gasteiger partial charge on any atom is -0.369 e. The summed E-state index contributed by atoms with van der Waals surface area (Å²) in [7, 11) is 0. The van der Waals surface area contributed by atoms with Crippen LogP contribution >= 0.6 is 15.9 Å². The first-order chi connectivity index (χ1) is 7.61. The molecule has 1 aromatic carbocycles. The molecule has 2 nitrogen and oxygen atoms in total. The molecule has 2 rings (SSSR count). The van der Waals surface area contributed by atoms with E-state index < -0.39 is 0 Å².